The number of rotatable bonds is 3. The van der Waals surface area contributed by atoms with Crippen LogP contribution < -0.4 is 5.32 Å². The molecule has 3 N–H and O–H groups in total. The zero-order valence-electron chi connectivity index (χ0n) is 10.2. The Balaban J connectivity index is 1.92. The summed E-state index contributed by atoms with van der Waals surface area (Å²) in [5.74, 6) is -1.25. The number of amides is 1. The molecule has 2 aliphatic rings. The van der Waals surface area contributed by atoms with E-state index in [0.717, 1.165) is 26.2 Å². The van der Waals surface area contributed by atoms with E-state index in [-0.39, 0.29) is 25.4 Å². The second-order valence-electron chi connectivity index (χ2n) is 4.82. The van der Waals surface area contributed by atoms with Gasteiger partial charge in [-0.2, -0.15) is 0 Å². The molecule has 0 radical (unpaired) electrons. The SMILES string of the molecule is O=C(O)[C@@H]1CC(O)CN1C(=O)CN1CCNCC1. The molecule has 2 heterocycles. The van der Waals surface area contributed by atoms with E-state index in [1.807, 2.05) is 4.90 Å². The minimum atomic E-state index is -1.04. The summed E-state index contributed by atoms with van der Waals surface area (Å²) >= 11 is 0. The highest BCUT2D eigenvalue weighted by molar-refractivity contribution is 5.85. The van der Waals surface area contributed by atoms with Crippen molar-refractivity contribution >= 4 is 11.9 Å². The third-order valence-electron chi connectivity index (χ3n) is 3.45. The number of carboxylic acids is 1. The standard InChI is InChI=1S/C11H19N3O4/c15-8-5-9(11(17)18)14(6-8)10(16)7-13-3-1-12-2-4-13/h8-9,12,15H,1-7H2,(H,17,18)/t8?,9-/m0/s1. The van der Waals surface area contributed by atoms with Crippen LogP contribution in [0.5, 0.6) is 0 Å². The van der Waals surface area contributed by atoms with E-state index in [2.05, 4.69) is 5.32 Å². The monoisotopic (exact) mass is 257 g/mol. The lowest BCUT2D eigenvalue weighted by atomic mass is 10.2. The Morgan fingerprint density at radius 3 is 2.56 bits per heavy atom. The van der Waals surface area contributed by atoms with E-state index in [9.17, 15) is 14.7 Å². The van der Waals surface area contributed by atoms with Crippen molar-refractivity contribution in [2.24, 2.45) is 0 Å². The lowest BCUT2D eigenvalue weighted by Gasteiger charge is -2.29. The lowest BCUT2D eigenvalue weighted by Crippen LogP contribution is -2.50. The van der Waals surface area contributed by atoms with Gasteiger partial charge in [-0.15, -0.1) is 0 Å². The molecular weight excluding hydrogens is 238 g/mol. The summed E-state index contributed by atoms with van der Waals surface area (Å²) < 4.78 is 0. The first-order chi connectivity index (χ1) is 8.58. The molecule has 1 unspecified atom stereocenters. The molecule has 0 aliphatic carbocycles. The maximum Gasteiger partial charge on any atom is 0.326 e. The molecule has 7 nitrogen and oxygen atoms in total. The number of β-amino-alcohol motifs (C(OH)–C–C–N with tert-alkyl or cyclic N) is 1. The summed E-state index contributed by atoms with van der Waals surface area (Å²) in [7, 11) is 0. The highest BCUT2D eigenvalue weighted by Gasteiger charge is 2.39. The molecule has 18 heavy (non-hydrogen) atoms. The number of aliphatic carboxylic acids is 1. The Labute approximate surface area is 105 Å². The van der Waals surface area contributed by atoms with Gasteiger partial charge < -0.3 is 20.4 Å². The second kappa shape index (κ2) is 5.64. The Morgan fingerprint density at radius 1 is 1.28 bits per heavy atom. The molecular formula is C11H19N3O4. The molecule has 7 heteroatoms. The van der Waals surface area contributed by atoms with Crippen molar-refractivity contribution in [1.29, 1.82) is 0 Å². The quantitative estimate of drug-likeness (QED) is 0.538. The molecule has 0 aromatic heterocycles. The van der Waals surface area contributed by atoms with Crippen LogP contribution in [0, 0.1) is 0 Å². The van der Waals surface area contributed by atoms with Crippen LogP contribution in [0.2, 0.25) is 0 Å². The molecule has 0 bridgehead atoms. The number of aliphatic hydroxyl groups excluding tert-OH is 1. The topological polar surface area (TPSA) is 93.1 Å². The molecule has 2 atom stereocenters. The van der Waals surface area contributed by atoms with Gasteiger partial charge in [-0.25, -0.2) is 4.79 Å². The van der Waals surface area contributed by atoms with Crippen molar-refractivity contribution in [3.05, 3.63) is 0 Å². The number of hydrogen-bond acceptors (Lipinski definition) is 5. The molecule has 2 aliphatic heterocycles. The van der Waals surface area contributed by atoms with Crippen molar-refractivity contribution in [3.63, 3.8) is 0 Å². The summed E-state index contributed by atoms with van der Waals surface area (Å²) in [5, 5.41) is 21.7. The number of carbonyl (C=O) groups excluding carboxylic acids is 1. The van der Waals surface area contributed by atoms with E-state index >= 15 is 0 Å². The van der Waals surface area contributed by atoms with E-state index in [1.54, 1.807) is 0 Å². The lowest BCUT2D eigenvalue weighted by molar-refractivity contribution is -0.148. The molecule has 1 amide bonds. The minimum absolute atomic E-state index is 0.127. The van der Waals surface area contributed by atoms with Gasteiger partial charge in [0, 0.05) is 39.1 Å². The van der Waals surface area contributed by atoms with Gasteiger partial charge in [0.05, 0.1) is 12.6 Å². The Kier molecular flexibility index (Phi) is 4.15. The van der Waals surface area contributed by atoms with Gasteiger partial charge in [0.2, 0.25) is 5.91 Å². The van der Waals surface area contributed by atoms with Gasteiger partial charge in [0.1, 0.15) is 6.04 Å². The summed E-state index contributed by atoms with van der Waals surface area (Å²) in [6.07, 6.45) is -0.596. The fraction of sp³-hybridized carbons (Fsp3) is 0.818. The van der Waals surface area contributed by atoms with Crippen LogP contribution in [0.4, 0.5) is 0 Å². The number of carboxylic acid groups (broad SMARTS) is 1. The minimum Gasteiger partial charge on any atom is -0.480 e. The predicted octanol–water partition coefficient (Wildman–Crippen LogP) is -2.06. The number of nitrogens with zero attached hydrogens (tertiary/aromatic N) is 2. The first-order valence-corrected chi connectivity index (χ1v) is 6.21. The molecule has 102 valence electrons. The summed E-state index contributed by atoms with van der Waals surface area (Å²) in [6.45, 7) is 3.64. The van der Waals surface area contributed by atoms with Crippen molar-refractivity contribution in [3.8, 4) is 0 Å². The van der Waals surface area contributed by atoms with E-state index in [0.29, 0.717) is 0 Å². The van der Waals surface area contributed by atoms with E-state index in [1.165, 1.54) is 4.90 Å². The van der Waals surface area contributed by atoms with Crippen LogP contribution in [0.15, 0.2) is 0 Å². The van der Waals surface area contributed by atoms with Crippen molar-refractivity contribution in [1.82, 2.24) is 15.1 Å². The predicted molar refractivity (Wildman–Crippen MR) is 63.1 cm³/mol. The Morgan fingerprint density at radius 2 is 1.94 bits per heavy atom. The van der Waals surface area contributed by atoms with Crippen molar-refractivity contribution in [2.75, 3.05) is 39.3 Å². The molecule has 2 saturated heterocycles. The smallest absolute Gasteiger partial charge is 0.326 e. The molecule has 0 saturated carbocycles. The number of hydrogen-bond donors (Lipinski definition) is 3. The number of nitrogens with one attached hydrogen (secondary N) is 1. The number of aliphatic hydroxyl groups is 1. The zero-order valence-corrected chi connectivity index (χ0v) is 10.2. The average molecular weight is 257 g/mol. The van der Waals surface area contributed by atoms with Crippen LogP contribution in [0.25, 0.3) is 0 Å². The number of piperazine rings is 1. The third-order valence-corrected chi connectivity index (χ3v) is 3.45. The normalized spacial score (nSPS) is 29.5. The van der Waals surface area contributed by atoms with Gasteiger partial charge in [-0.05, 0) is 0 Å². The largest absolute Gasteiger partial charge is 0.480 e. The van der Waals surface area contributed by atoms with Crippen molar-refractivity contribution in [2.45, 2.75) is 18.6 Å². The van der Waals surface area contributed by atoms with Crippen LogP contribution in [0.1, 0.15) is 6.42 Å². The summed E-state index contributed by atoms with van der Waals surface area (Å²) in [5.41, 5.74) is 0. The molecule has 0 spiro atoms. The Bertz CT molecular complexity index is 330. The maximum atomic E-state index is 12.1. The highest BCUT2D eigenvalue weighted by atomic mass is 16.4. The van der Waals surface area contributed by atoms with E-state index in [4.69, 9.17) is 5.11 Å². The fourth-order valence-electron chi connectivity index (χ4n) is 2.47. The van der Waals surface area contributed by atoms with Gasteiger partial charge in [0.15, 0.2) is 0 Å². The van der Waals surface area contributed by atoms with Crippen LogP contribution in [-0.2, 0) is 9.59 Å². The average Bonchev–Trinajstić information content (AvgIpc) is 2.73. The molecule has 0 aromatic carbocycles. The second-order valence-corrected chi connectivity index (χ2v) is 4.82. The highest BCUT2D eigenvalue weighted by Crippen LogP contribution is 2.18. The van der Waals surface area contributed by atoms with Crippen LogP contribution >= 0.6 is 0 Å². The molecule has 2 rings (SSSR count). The Hall–Kier alpha value is -1.18. The van der Waals surface area contributed by atoms with Gasteiger partial charge in [0.25, 0.3) is 0 Å². The number of carbonyl (C=O) groups is 2. The fourth-order valence-corrected chi connectivity index (χ4v) is 2.47. The summed E-state index contributed by atoms with van der Waals surface area (Å²) in [6, 6.07) is -0.879. The van der Waals surface area contributed by atoms with Gasteiger partial charge in [-0.3, -0.25) is 9.69 Å². The number of likely N-dealkylation sites (tertiary alicyclic amines) is 1. The molecule has 2 fully saturated rings. The van der Waals surface area contributed by atoms with E-state index < -0.39 is 18.1 Å². The van der Waals surface area contributed by atoms with Crippen LogP contribution in [-0.4, -0.2) is 83.3 Å². The van der Waals surface area contributed by atoms with Gasteiger partial charge >= 0.3 is 5.97 Å². The zero-order chi connectivity index (χ0) is 13.1. The summed E-state index contributed by atoms with van der Waals surface area (Å²) in [4.78, 5) is 26.4. The first-order valence-electron chi connectivity index (χ1n) is 6.21. The van der Waals surface area contributed by atoms with Gasteiger partial charge in [-0.1, -0.05) is 0 Å². The first kappa shape index (κ1) is 13.3. The maximum absolute atomic E-state index is 12.1. The van der Waals surface area contributed by atoms with Crippen molar-refractivity contribution < 1.29 is 19.8 Å². The van der Waals surface area contributed by atoms with Crippen LogP contribution in [0.3, 0.4) is 0 Å². The molecule has 0 aromatic rings. The third kappa shape index (κ3) is 2.98.